The molecular formula is C13H19BrN4S. The SMILES string of the molecule is CCNC(Cc1ncnn1C(C)C)c1sccc1Br. The highest BCUT2D eigenvalue weighted by Gasteiger charge is 2.19. The first-order chi connectivity index (χ1) is 9.13. The van der Waals surface area contributed by atoms with Crippen LogP contribution in [0.3, 0.4) is 0 Å². The van der Waals surface area contributed by atoms with Crippen LogP contribution in [-0.4, -0.2) is 21.3 Å². The van der Waals surface area contributed by atoms with Gasteiger partial charge in [-0.15, -0.1) is 11.3 Å². The third kappa shape index (κ3) is 3.43. The Labute approximate surface area is 126 Å². The maximum atomic E-state index is 4.40. The molecule has 0 amide bonds. The molecule has 0 aliphatic rings. The minimum Gasteiger partial charge on any atom is -0.309 e. The molecule has 2 aromatic heterocycles. The molecule has 104 valence electrons. The molecule has 2 heterocycles. The summed E-state index contributed by atoms with van der Waals surface area (Å²) in [6.07, 6.45) is 2.49. The van der Waals surface area contributed by atoms with Crippen LogP contribution in [0.5, 0.6) is 0 Å². The van der Waals surface area contributed by atoms with Gasteiger partial charge in [-0.3, -0.25) is 0 Å². The van der Waals surface area contributed by atoms with E-state index >= 15 is 0 Å². The molecule has 19 heavy (non-hydrogen) atoms. The van der Waals surface area contributed by atoms with Gasteiger partial charge in [-0.1, -0.05) is 6.92 Å². The van der Waals surface area contributed by atoms with Gasteiger partial charge in [-0.05, 0) is 47.8 Å². The van der Waals surface area contributed by atoms with Gasteiger partial charge >= 0.3 is 0 Å². The normalized spacial score (nSPS) is 13.1. The average molecular weight is 343 g/mol. The van der Waals surface area contributed by atoms with Crippen LogP contribution in [0.15, 0.2) is 22.2 Å². The molecular weight excluding hydrogens is 324 g/mol. The summed E-state index contributed by atoms with van der Waals surface area (Å²) in [6.45, 7) is 7.31. The molecule has 2 aromatic rings. The number of hydrogen-bond acceptors (Lipinski definition) is 4. The molecule has 1 atom stereocenters. The standard InChI is InChI=1S/C13H19BrN4S/c1-4-15-11(13-10(14)5-6-19-13)7-12-16-8-17-18(12)9(2)3/h5-6,8-9,11,15H,4,7H2,1-3H3. The topological polar surface area (TPSA) is 42.7 Å². The second-order valence-electron chi connectivity index (χ2n) is 4.66. The maximum Gasteiger partial charge on any atom is 0.138 e. The first-order valence-electron chi connectivity index (χ1n) is 6.48. The van der Waals surface area contributed by atoms with Crippen molar-refractivity contribution in [2.24, 2.45) is 0 Å². The van der Waals surface area contributed by atoms with Gasteiger partial charge in [0.25, 0.3) is 0 Å². The molecule has 0 saturated carbocycles. The lowest BCUT2D eigenvalue weighted by Crippen LogP contribution is -2.24. The van der Waals surface area contributed by atoms with E-state index in [1.54, 1.807) is 17.7 Å². The molecule has 2 rings (SSSR count). The highest BCUT2D eigenvalue weighted by Crippen LogP contribution is 2.31. The largest absolute Gasteiger partial charge is 0.309 e. The summed E-state index contributed by atoms with van der Waals surface area (Å²) in [5, 5.41) is 9.94. The summed E-state index contributed by atoms with van der Waals surface area (Å²) in [5.74, 6) is 1.03. The van der Waals surface area contributed by atoms with Crippen molar-refractivity contribution in [1.82, 2.24) is 20.1 Å². The highest BCUT2D eigenvalue weighted by molar-refractivity contribution is 9.10. The molecule has 1 N–H and O–H groups in total. The van der Waals surface area contributed by atoms with Crippen molar-refractivity contribution in [2.75, 3.05) is 6.54 Å². The summed E-state index contributed by atoms with van der Waals surface area (Å²) >= 11 is 5.38. The number of thiophene rings is 1. The third-order valence-corrected chi connectivity index (χ3v) is 4.92. The molecule has 6 heteroatoms. The van der Waals surface area contributed by atoms with Gasteiger partial charge in [-0.25, -0.2) is 9.67 Å². The Kier molecular flexibility index (Phi) is 5.13. The number of likely N-dealkylation sites (N-methyl/N-ethyl adjacent to an activating group) is 1. The summed E-state index contributed by atoms with van der Waals surface area (Å²) in [4.78, 5) is 5.72. The zero-order valence-corrected chi connectivity index (χ0v) is 13.8. The lowest BCUT2D eigenvalue weighted by atomic mass is 10.1. The Morgan fingerprint density at radius 3 is 2.84 bits per heavy atom. The molecule has 0 saturated heterocycles. The summed E-state index contributed by atoms with van der Waals surface area (Å²) in [7, 11) is 0. The van der Waals surface area contributed by atoms with Crippen LogP contribution in [-0.2, 0) is 6.42 Å². The number of nitrogens with one attached hydrogen (secondary N) is 1. The Bertz CT molecular complexity index is 520. The number of nitrogens with zero attached hydrogens (tertiary/aromatic N) is 3. The second-order valence-corrected chi connectivity index (χ2v) is 6.46. The number of aromatic nitrogens is 3. The Balaban J connectivity index is 2.22. The van der Waals surface area contributed by atoms with E-state index in [-0.39, 0.29) is 6.04 Å². The number of hydrogen-bond donors (Lipinski definition) is 1. The molecule has 0 aliphatic heterocycles. The predicted molar refractivity (Wildman–Crippen MR) is 82.5 cm³/mol. The third-order valence-electron chi connectivity index (χ3n) is 2.93. The van der Waals surface area contributed by atoms with Crippen molar-refractivity contribution in [3.05, 3.63) is 32.9 Å². The van der Waals surface area contributed by atoms with E-state index < -0.39 is 0 Å². The van der Waals surface area contributed by atoms with Crippen molar-refractivity contribution in [3.8, 4) is 0 Å². The van der Waals surface area contributed by atoms with Crippen molar-refractivity contribution in [2.45, 2.75) is 39.3 Å². The first kappa shape index (κ1) is 14.7. The number of rotatable bonds is 6. The van der Waals surface area contributed by atoms with Crippen LogP contribution in [0.1, 0.15) is 43.6 Å². The predicted octanol–water partition coefficient (Wildman–Crippen LogP) is 3.58. The number of halogens is 1. The van der Waals surface area contributed by atoms with Gasteiger partial charge in [0.05, 0.1) is 0 Å². The molecule has 0 bridgehead atoms. The molecule has 0 radical (unpaired) electrons. The first-order valence-corrected chi connectivity index (χ1v) is 8.15. The smallest absolute Gasteiger partial charge is 0.138 e. The van der Waals surface area contributed by atoms with Crippen LogP contribution in [0.4, 0.5) is 0 Å². The van der Waals surface area contributed by atoms with Gasteiger partial charge in [0.15, 0.2) is 0 Å². The van der Waals surface area contributed by atoms with Crippen molar-refractivity contribution in [1.29, 1.82) is 0 Å². The Hall–Kier alpha value is -0.720. The summed E-state index contributed by atoms with van der Waals surface area (Å²) in [5.41, 5.74) is 0. The zero-order chi connectivity index (χ0) is 13.8. The van der Waals surface area contributed by atoms with E-state index in [9.17, 15) is 0 Å². The van der Waals surface area contributed by atoms with E-state index in [2.05, 4.69) is 63.5 Å². The molecule has 0 spiro atoms. The summed E-state index contributed by atoms with van der Waals surface area (Å²) in [6, 6.07) is 2.71. The van der Waals surface area contributed by atoms with E-state index in [0.717, 1.165) is 18.8 Å². The molecule has 0 aromatic carbocycles. The molecule has 4 nitrogen and oxygen atoms in total. The fourth-order valence-electron chi connectivity index (χ4n) is 2.09. The zero-order valence-electron chi connectivity index (χ0n) is 11.4. The molecule has 0 fully saturated rings. The average Bonchev–Trinajstić information content (AvgIpc) is 2.97. The molecule has 1 unspecified atom stereocenters. The van der Waals surface area contributed by atoms with E-state index in [1.807, 2.05) is 4.68 Å². The van der Waals surface area contributed by atoms with Gasteiger partial charge in [0.1, 0.15) is 12.2 Å². The van der Waals surface area contributed by atoms with Crippen LogP contribution >= 0.6 is 27.3 Å². The Morgan fingerprint density at radius 1 is 1.47 bits per heavy atom. The quantitative estimate of drug-likeness (QED) is 0.872. The minimum atomic E-state index is 0.279. The van der Waals surface area contributed by atoms with Crippen LogP contribution < -0.4 is 5.32 Å². The summed E-state index contributed by atoms with van der Waals surface area (Å²) < 4.78 is 3.16. The fraction of sp³-hybridized carbons (Fsp3) is 0.538. The minimum absolute atomic E-state index is 0.279. The van der Waals surface area contributed by atoms with Crippen molar-refractivity contribution >= 4 is 27.3 Å². The van der Waals surface area contributed by atoms with E-state index in [1.165, 1.54) is 9.35 Å². The van der Waals surface area contributed by atoms with Crippen molar-refractivity contribution in [3.63, 3.8) is 0 Å². The highest BCUT2D eigenvalue weighted by atomic mass is 79.9. The van der Waals surface area contributed by atoms with Gasteiger partial charge < -0.3 is 5.32 Å². The van der Waals surface area contributed by atoms with Crippen LogP contribution in [0.25, 0.3) is 0 Å². The molecule has 0 aliphatic carbocycles. The second kappa shape index (κ2) is 6.63. The van der Waals surface area contributed by atoms with Crippen molar-refractivity contribution < 1.29 is 0 Å². The lowest BCUT2D eigenvalue weighted by molar-refractivity contribution is 0.471. The van der Waals surface area contributed by atoms with Gasteiger partial charge in [-0.2, -0.15) is 5.10 Å². The fourth-order valence-corrected chi connectivity index (χ4v) is 3.82. The van der Waals surface area contributed by atoms with Crippen LogP contribution in [0.2, 0.25) is 0 Å². The monoisotopic (exact) mass is 342 g/mol. The van der Waals surface area contributed by atoms with E-state index in [4.69, 9.17) is 0 Å². The van der Waals surface area contributed by atoms with Gasteiger partial charge in [0, 0.05) is 27.9 Å². The maximum absolute atomic E-state index is 4.40. The lowest BCUT2D eigenvalue weighted by Gasteiger charge is -2.18. The Morgan fingerprint density at radius 2 is 2.26 bits per heavy atom. The van der Waals surface area contributed by atoms with E-state index in [0.29, 0.717) is 6.04 Å². The van der Waals surface area contributed by atoms with Crippen LogP contribution in [0, 0.1) is 0 Å². The van der Waals surface area contributed by atoms with Gasteiger partial charge in [0.2, 0.25) is 0 Å².